The van der Waals surface area contributed by atoms with Crippen molar-refractivity contribution < 1.29 is 14.2 Å². The van der Waals surface area contributed by atoms with Crippen molar-refractivity contribution in [1.82, 2.24) is 19.9 Å². The number of hydrogen-bond donors (Lipinski definition) is 1. The maximum Gasteiger partial charge on any atom is 0.162 e. The molecule has 1 fully saturated rings. The lowest BCUT2D eigenvalue weighted by molar-refractivity contribution is 0.0357. The molecule has 0 bridgehead atoms. The average molecular weight is 573 g/mol. The van der Waals surface area contributed by atoms with Crippen LogP contribution in [0.15, 0.2) is 71.5 Å². The molecule has 194 valence electrons. The van der Waals surface area contributed by atoms with Crippen LogP contribution in [0.5, 0.6) is 11.5 Å². The zero-order valence-electron chi connectivity index (χ0n) is 21.2. The summed E-state index contributed by atoms with van der Waals surface area (Å²) in [6.07, 6.45) is 2.54. The molecule has 0 amide bonds. The van der Waals surface area contributed by atoms with Crippen molar-refractivity contribution in [3.8, 4) is 34.0 Å². The predicted octanol–water partition coefficient (Wildman–Crippen LogP) is 6.32. The number of para-hydroxylation sites is 1. The highest BCUT2D eigenvalue weighted by atomic mass is 79.9. The molecule has 0 spiro atoms. The number of fused-ring (bicyclic) bond motifs is 2. The normalized spacial score (nSPS) is 14.3. The van der Waals surface area contributed by atoms with E-state index in [0.29, 0.717) is 18.1 Å². The van der Waals surface area contributed by atoms with Gasteiger partial charge in [0.25, 0.3) is 0 Å². The van der Waals surface area contributed by atoms with E-state index in [-0.39, 0.29) is 0 Å². The van der Waals surface area contributed by atoms with Crippen LogP contribution in [-0.2, 0) is 4.74 Å². The Bertz CT molecular complexity index is 1560. The third-order valence-electron chi connectivity index (χ3n) is 6.98. The Kier molecular flexibility index (Phi) is 7.27. The number of methoxy groups -OCH3 is 1. The smallest absolute Gasteiger partial charge is 0.162 e. The maximum atomic E-state index is 6.26. The molecule has 0 atom stereocenters. The highest BCUT2D eigenvalue weighted by Crippen LogP contribution is 2.42. The fraction of sp³-hybridized carbons (Fsp3) is 0.267. The summed E-state index contributed by atoms with van der Waals surface area (Å²) in [5.74, 6) is 1.36. The van der Waals surface area contributed by atoms with Crippen LogP contribution in [0.25, 0.3) is 44.3 Å². The van der Waals surface area contributed by atoms with Gasteiger partial charge in [0.15, 0.2) is 11.5 Å². The lowest BCUT2D eigenvalue weighted by Gasteiger charge is -2.26. The molecule has 3 aromatic carbocycles. The number of morpholine rings is 1. The number of hydrogen-bond acceptors (Lipinski definition) is 6. The van der Waals surface area contributed by atoms with E-state index in [1.807, 2.05) is 18.2 Å². The van der Waals surface area contributed by atoms with Crippen molar-refractivity contribution in [1.29, 1.82) is 0 Å². The Balaban J connectivity index is 1.40. The molecule has 1 N–H and O–H groups in total. The average Bonchev–Trinajstić information content (AvgIpc) is 3.35. The van der Waals surface area contributed by atoms with Gasteiger partial charge < -0.3 is 19.2 Å². The Morgan fingerprint density at radius 2 is 1.79 bits per heavy atom. The minimum Gasteiger partial charge on any atom is -0.493 e. The second-order valence-electron chi connectivity index (χ2n) is 9.33. The second-order valence-corrected chi connectivity index (χ2v) is 10.2. The zero-order chi connectivity index (χ0) is 25.9. The minimum absolute atomic E-state index is 0.597. The van der Waals surface area contributed by atoms with Crippen LogP contribution in [0.2, 0.25) is 0 Å². The van der Waals surface area contributed by atoms with Crippen molar-refractivity contribution in [2.45, 2.75) is 6.42 Å². The summed E-state index contributed by atoms with van der Waals surface area (Å²) in [4.78, 5) is 15.4. The van der Waals surface area contributed by atoms with Crippen molar-refractivity contribution in [2.75, 3.05) is 46.6 Å². The van der Waals surface area contributed by atoms with Crippen LogP contribution in [0, 0.1) is 0 Å². The highest BCUT2D eigenvalue weighted by molar-refractivity contribution is 9.10. The van der Waals surface area contributed by atoms with Crippen LogP contribution in [0.3, 0.4) is 0 Å². The summed E-state index contributed by atoms with van der Waals surface area (Å²) < 4.78 is 18.4. The molecule has 0 radical (unpaired) electrons. The third kappa shape index (κ3) is 4.99. The van der Waals surface area contributed by atoms with E-state index in [9.17, 15) is 0 Å². The van der Waals surface area contributed by atoms with Crippen molar-refractivity contribution in [3.05, 3.63) is 71.5 Å². The minimum atomic E-state index is 0.597. The topological polar surface area (TPSA) is 72.5 Å². The summed E-state index contributed by atoms with van der Waals surface area (Å²) in [6, 6.07) is 20.6. The summed E-state index contributed by atoms with van der Waals surface area (Å²) in [6.45, 7) is 5.14. The molecule has 38 heavy (non-hydrogen) atoms. The summed E-state index contributed by atoms with van der Waals surface area (Å²) in [5.41, 5.74) is 5.85. The summed E-state index contributed by atoms with van der Waals surface area (Å²) in [5, 5.41) is 2.02. The van der Waals surface area contributed by atoms with Crippen LogP contribution in [-0.4, -0.2) is 66.4 Å². The molecule has 0 saturated carbocycles. The van der Waals surface area contributed by atoms with Gasteiger partial charge in [-0.15, -0.1) is 0 Å². The van der Waals surface area contributed by atoms with E-state index in [0.717, 1.165) is 88.1 Å². The molecular weight excluding hydrogens is 544 g/mol. The Labute approximate surface area is 229 Å². The molecule has 7 nitrogen and oxygen atoms in total. The number of H-pyrrole nitrogens is 1. The lowest BCUT2D eigenvalue weighted by Crippen LogP contribution is -2.37. The number of ether oxygens (including phenoxy) is 3. The SMILES string of the molecule is COc1cc2ncnc(-c3c(-c4ccc(Br)cc4)[nH]c4ccccc34)c2cc1OCCCN1CCOCC1. The number of benzene rings is 3. The number of nitrogens with zero attached hydrogens (tertiary/aromatic N) is 3. The standard InChI is InChI=1S/C30H29BrN4O3/c1-36-26-18-25-23(17-27(26)38-14-4-11-35-12-15-37-16-13-35)30(33-19-32-25)28-22-5-2-3-6-24(22)34-29(28)20-7-9-21(31)10-8-20/h2-3,5-10,17-19,34H,4,11-16H2,1H3. The van der Waals surface area contributed by atoms with Gasteiger partial charge in [0.05, 0.1) is 43.8 Å². The number of rotatable bonds is 8. The molecule has 3 heterocycles. The van der Waals surface area contributed by atoms with E-state index in [2.05, 4.69) is 73.3 Å². The van der Waals surface area contributed by atoms with Gasteiger partial charge in [0.2, 0.25) is 0 Å². The van der Waals surface area contributed by atoms with Crippen LogP contribution in [0.1, 0.15) is 6.42 Å². The molecule has 6 rings (SSSR count). The Hall–Kier alpha value is -3.46. The van der Waals surface area contributed by atoms with E-state index < -0.39 is 0 Å². The lowest BCUT2D eigenvalue weighted by atomic mass is 9.99. The molecule has 2 aromatic heterocycles. The maximum absolute atomic E-state index is 6.26. The van der Waals surface area contributed by atoms with Gasteiger partial charge >= 0.3 is 0 Å². The molecule has 8 heteroatoms. The van der Waals surface area contributed by atoms with Gasteiger partial charge in [-0.25, -0.2) is 9.97 Å². The zero-order valence-corrected chi connectivity index (χ0v) is 22.8. The van der Waals surface area contributed by atoms with Crippen LogP contribution < -0.4 is 9.47 Å². The Morgan fingerprint density at radius 1 is 0.974 bits per heavy atom. The van der Waals surface area contributed by atoms with Gasteiger partial charge in [0, 0.05) is 52.0 Å². The second kappa shape index (κ2) is 11.1. The largest absolute Gasteiger partial charge is 0.493 e. The summed E-state index contributed by atoms with van der Waals surface area (Å²) >= 11 is 3.55. The third-order valence-corrected chi connectivity index (χ3v) is 7.51. The van der Waals surface area contributed by atoms with E-state index in [1.165, 1.54) is 0 Å². The highest BCUT2D eigenvalue weighted by Gasteiger charge is 2.20. The quantitative estimate of drug-likeness (QED) is 0.219. The summed E-state index contributed by atoms with van der Waals surface area (Å²) in [7, 11) is 1.66. The van der Waals surface area contributed by atoms with Crippen LogP contribution in [0.4, 0.5) is 0 Å². The first-order valence-electron chi connectivity index (χ1n) is 12.8. The number of nitrogens with one attached hydrogen (secondary N) is 1. The van der Waals surface area contributed by atoms with Crippen molar-refractivity contribution in [2.24, 2.45) is 0 Å². The fourth-order valence-corrected chi connectivity index (χ4v) is 5.32. The van der Waals surface area contributed by atoms with Crippen LogP contribution >= 0.6 is 15.9 Å². The number of halogens is 1. The monoisotopic (exact) mass is 572 g/mol. The first-order chi connectivity index (χ1) is 18.7. The van der Waals surface area contributed by atoms with Gasteiger partial charge in [-0.2, -0.15) is 0 Å². The van der Waals surface area contributed by atoms with E-state index >= 15 is 0 Å². The van der Waals surface area contributed by atoms with Gasteiger partial charge in [0.1, 0.15) is 6.33 Å². The molecule has 1 aliphatic rings. The molecule has 0 aliphatic carbocycles. The van der Waals surface area contributed by atoms with E-state index in [4.69, 9.17) is 19.2 Å². The van der Waals surface area contributed by atoms with E-state index in [1.54, 1.807) is 13.4 Å². The number of aromatic amines is 1. The first kappa shape index (κ1) is 24.9. The molecule has 5 aromatic rings. The molecule has 1 aliphatic heterocycles. The first-order valence-corrected chi connectivity index (χ1v) is 13.6. The molecule has 1 saturated heterocycles. The predicted molar refractivity (Wildman–Crippen MR) is 154 cm³/mol. The van der Waals surface area contributed by atoms with Crippen molar-refractivity contribution >= 4 is 37.7 Å². The van der Waals surface area contributed by atoms with Gasteiger partial charge in [-0.05, 0) is 36.2 Å². The van der Waals surface area contributed by atoms with Gasteiger partial charge in [-0.3, -0.25) is 4.90 Å². The number of aromatic nitrogens is 3. The van der Waals surface area contributed by atoms with Gasteiger partial charge in [-0.1, -0.05) is 46.3 Å². The molecular formula is C30H29BrN4O3. The molecule has 0 unspecified atom stereocenters. The van der Waals surface area contributed by atoms with Crippen molar-refractivity contribution in [3.63, 3.8) is 0 Å². The fourth-order valence-electron chi connectivity index (χ4n) is 5.05. The Morgan fingerprint density at radius 3 is 2.61 bits per heavy atom.